The van der Waals surface area contributed by atoms with Gasteiger partial charge in [0.15, 0.2) is 0 Å². The Kier molecular flexibility index (Phi) is 6.01. The highest BCUT2D eigenvalue weighted by Gasteiger charge is 2.44. The maximum Gasteiger partial charge on any atom is 0.407 e. The van der Waals surface area contributed by atoms with E-state index in [1.165, 1.54) is 0 Å². The monoisotopic (exact) mass is 456 g/mol. The van der Waals surface area contributed by atoms with Gasteiger partial charge in [0.25, 0.3) is 0 Å². The molecule has 0 atom stereocenters. The minimum absolute atomic E-state index is 0.0804. The van der Waals surface area contributed by atoms with Gasteiger partial charge in [0.05, 0.1) is 12.8 Å². The van der Waals surface area contributed by atoms with E-state index in [0.29, 0.717) is 29.9 Å². The summed E-state index contributed by atoms with van der Waals surface area (Å²) in [6, 6.07) is 9.50. The molecule has 2 N–H and O–H groups in total. The van der Waals surface area contributed by atoms with E-state index in [4.69, 9.17) is 21.1 Å². The Hall–Kier alpha value is -3.20. The molecule has 1 aliphatic carbocycles. The quantitative estimate of drug-likeness (QED) is 0.510. The van der Waals surface area contributed by atoms with Crippen molar-refractivity contribution in [1.29, 1.82) is 0 Å². The lowest BCUT2D eigenvalue weighted by molar-refractivity contribution is 0.0509. The zero-order valence-corrected chi connectivity index (χ0v) is 18.9. The highest BCUT2D eigenvalue weighted by atomic mass is 35.5. The molecule has 1 aromatic carbocycles. The second-order valence-corrected chi connectivity index (χ2v) is 9.32. The fourth-order valence-corrected chi connectivity index (χ4v) is 3.36. The van der Waals surface area contributed by atoms with Crippen molar-refractivity contribution in [3.05, 3.63) is 41.7 Å². The molecule has 9 nitrogen and oxygen atoms in total. The maximum absolute atomic E-state index is 11.9. The third-order valence-corrected chi connectivity index (χ3v) is 5.42. The van der Waals surface area contributed by atoms with Crippen LogP contribution in [0.25, 0.3) is 22.5 Å². The van der Waals surface area contributed by atoms with E-state index in [2.05, 4.69) is 30.9 Å². The van der Waals surface area contributed by atoms with Crippen LogP contribution in [0.2, 0.25) is 5.15 Å². The number of hydrogen-bond donors (Lipinski definition) is 2. The number of alkyl carbamates (subject to hydrolysis) is 1. The zero-order chi connectivity index (χ0) is 22.8. The number of carbonyl (C=O) groups is 1. The van der Waals surface area contributed by atoms with Crippen molar-refractivity contribution in [3.8, 4) is 28.3 Å². The van der Waals surface area contributed by atoms with Gasteiger partial charge in [-0.25, -0.2) is 9.78 Å². The van der Waals surface area contributed by atoms with Gasteiger partial charge in [-0.05, 0) is 50.5 Å². The largest absolute Gasteiger partial charge is 0.491 e. The number of rotatable bonds is 7. The Morgan fingerprint density at radius 1 is 1.22 bits per heavy atom. The van der Waals surface area contributed by atoms with Crippen LogP contribution in [0.1, 0.15) is 33.6 Å². The van der Waals surface area contributed by atoms with Gasteiger partial charge < -0.3 is 14.8 Å². The summed E-state index contributed by atoms with van der Waals surface area (Å²) in [6.07, 6.45) is 3.16. The van der Waals surface area contributed by atoms with Gasteiger partial charge >= 0.3 is 6.09 Å². The summed E-state index contributed by atoms with van der Waals surface area (Å²) in [5.41, 5.74) is 1.90. The molecular formula is C22H25ClN6O3. The van der Waals surface area contributed by atoms with Gasteiger partial charge in [-0.1, -0.05) is 35.9 Å². The number of tetrazole rings is 1. The molecule has 0 aliphatic heterocycles. The van der Waals surface area contributed by atoms with Gasteiger partial charge in [0.2, 0.25) is 5.82 Å². The van der Waals surface area contributed by atoms with E-state index in [0.717, 1.165) is 29.5 Å². The molecule has 3 aromatic rings. The molecule has 0 unspecified atom stereocenters. The molecule has 1 amide bonds. The SMILES string of the molecule is CC(C)(C)OC(=O)NCC1(COc2cnc(Cl)c(-c3ccc(-c4nn[nH]n4)cc3)c2)CC1. The molecule has 2 aromatic heterocycles. The van der Waals surface area contributed by atoms with Gasteiger partial charge in [0, 0.05) is 23.1 Å². The molecule has 0 bridgehead atoms. The van der Waals surface area contributed by atoms with Crippen molar-refractivity contribution in [1.82, 2.24) is 30.9 Å². The van der Waals surface area contributed by atoms with E-state index < -0.39 is 11.7 Å². The number of nitrogens with zero attached hydrogens (tertiary/aromatic N) is 4. The second-order valence-electron chi connectivity index (χ2n) is 8.97. The number of hydrogen-bond acceptors (Lipinski definition) is 7. The average molecular weight is 457 g/mol. The first-order valence-corrected chi connectivity index (χ1v) is 10.7. The first-order chi connectivity index (χ1) is 15.2. The fourth-order valence-electron chi connectivity index (χ4n) is 3.15. The van der Waals surface area contributed by atoms with Crippen LogP contribution in [0.4, 0.5) is 4.79 Å². The van der Waals surface area contributed by atoms with Crippen molar-refractivity contribution in [2.24, 2.45) is 5.41 Å². The number of aromatic nitrogens is 5. The summed E-state index contributed by atoms with van der Waals surface area (Å²) < 4.78 is 11.3. The van der Waals surface area contributed by atoms with Crippen LogP contribution in [-0.2, 0) is 4.74 Å². The number of carbonyl (C=O) groups excluding carboxylic acids is 1. The van der Waals surface area contributed by atoms with E-state index in [1.54, 1.807) is 6.20 Å². The Morgan fingerprint density at radius 2 is 1.94 bits per heavy atom. The normalized spacial score (nSPS) is 14.6. The summed E-state index contributed by atoms with van der Waals surface area (Å²) in [6.45, 7) is 6.50. The number of nitrogens with one attached hydrogen (secondary N) is 2. The summed E-state index contributed by atoms with van der Waals surface area (Å²) in [5, 5.41) is 17.2. The van der Waals surface area contributed by atoms with Crippen molar-refractivity contribution in [3.63, 3.8) is 0 Å². The molecule has 1 saturated carbocycles. The molecule has 4 rings (SSSR count). The number of pyridine rings is 1. The van der Waals surface area contributed by atoms with Crippen molar-refractivity contribution >= 4 is 17.7 Å². The molecule has 10 heteroatoms. The lowest BCUT2D eigenvalue weighted by atomic mass is 10.1. The van der Waals surface area contributed by atoms with Gasteiger partial charge in [-0.3, -0.25) is 0 Å². The summed E-state index contributed by atoms with van der Waals surface area (Å²) >= 11 is 6.34. The number of aromatic amines is 1. The minimum Gasteiger partial charge on any atom is -0.491 e. The second kappa shape index (κ2) is 8.74. The third-order valence-electron chi connectivity index (χ3n) is 5.12. The molecule has 1 aliphatic rings. The Morgan fingerprint density at radius 3 is 2.56 bits per heavy atom. The van der Waals surface area contributed by atoms with Crippen molar-refractivity contribution in [2.75, 3.05) is 13.2 Å². The van der Waals surface area contributed by atoms with E-state index in [9.17, 15) is 4.79 Å². The molecule has 0 radical (unpaired) electrons. The Balaban J connectivity index is 1.38. The van der Waals surface area contributed by atoms with Crippen molar-refractivity contribution < 1.29 is 14.3 Å². The lowest BCUT2D eigenvalue weighted by Gasteiger charge is -2.22. The van der Waals surface area contributed by atoms with Crippen LogP contribution in [0, 0.1) is 5.41 Å². The molecular weight excluding hydrogens is 432 g/mol. The van der Waals surface area contributed by atoms with Gasteiger partial charge in [-0.15, -0.1) is 10.2 Å². The Bertz CT molecular complexity index is 1080. The standard InChI is InChI=1S/C22H25ClN6O3/c1-21(2,3)32-20(30)25-12-22(8-9-22)13-31-16-10-17(18(23)24-11-16)14-4-6-15(7-5-14)19-26-28-29-27-19/h4-7,10-11H,8-9,12-13H2,1-3H3,(H,25,30)(H,26,27,28,29). The molecule has 32 heavy (non-hydrogen) atoms. The molecule has 0 spiro atoms. The maximum atomic E-state index is 11.9. The van der Waals surface area contributed by atoms with E-state index in [-0.39, 0.29) is 5.41 Å². The van der Waals surface area contributed by atoms with Gasteiger partial charge in [-0.2, -0.15) is 5.21 Å². The summed E-state index contributed by atoms with van der Waals surface area (Å²) in [4.78, 5) is 16.2. The van der Waals surface area contributed by atoms with Crippen LogP contribution in [0.15, 0.2) is 36.5 Å². The smallest absolute Gasteiger partial charge is 0.407 e. The highest BCUT2D eigenvalue weighted by molar-refractivity contribution is 6.32. The third kappa shape index (κ3) is 5.53. The first kappa shape index (κ1) is 22.0. The summed E-state index contributed by atoms with van der Waals surface area (Å²) in [7, 11) is 0. The van der Waals surface area contributed by atoms with Crippen LogP contribution in [0.5, 0.6) is 5.75 Å². The first-order valence-electron chi connectivity index (χ1n) is 10.3. The van der Waals surface area contributed by atoms with Crippen LogP contribution < -0.4 is 10.1 Å². The molecule has 2 heterocycles. The minimum atomic E-state index is -0.521. The van der Waals surface area contributed by atoms with E-state index in [1.807, 2.05) is 51.1 Å². The molecule has 1 fully saturated rings. The molecule has 0 saturated heterocycles. The fraction of sp³-hybridized carbons (Fsp3) is 0.409. The average Bonchev–Trinajstić information content (AvgIpc) is 3.31. The lowest BCUT2D eigenvalue weighted by Crippen LogP contribution is -2.37. The zero-order valence-electron chi connectivity index (χ0n) is 18.2. The number of amides is 1. The van der Waals surface area contributed by atoms with Crippen LogP contribution >= 0.6 is 11.6 Å². The Labute approximate surface area is 190 Å². The van der Waals surface area contributed by atoms with E-state index >= 15 is 0 Å². The predicted molar refractivity (Wildman–Crippen MR) is 119 cm³/mol. The number of halogens is 1. The highest BCUT2D eigenvalue weighted by Crippen LogP contribution is 2.45. The topological polar surface area (TPSA) is 115 Å². The summed E-state index contributed by atoms with van der Waals surface area (Å²) in [5.74, 6) is 1.14. The number of benzene rings is 1. The number of ether oxygens (including phenoxy) is 2. The molecule has 168 valence electrons. The van der Waals surface area contributed by atoms with Gasteiger partial charge in [0.1, 0.15) is 16.5 Å². The van der Waals surface area contributed by atoms with Crippen molar-refractivity contribution in [2.45, 2.75) is 39.2 Å². The number of H-pyrrole nitrogens is 1. The predicted octanol–water partition coefficient (Wildman–Crippen LogP) is 4.27. The van der Waals surface area contributed by atoms with Crippen LogP contribution in [0.3, 0.4) is 0 Å². The van der Waals surface area contributed by atoms with Crippen LogP contribution in [-0.4, -0.2) is 50.5 Å².